The molecule has 0 spiro atoms. The Kier molecular flexibility index (Phi) is 6.27. The third kappa shape index (κ3) is 4.95. The second-order valence-electron chi connectivity index (χ2n) is 5.94. The molecular formula is C17H17F2N3O3S2. The number of amides is 1. The summed E-state index contributed by atoms with van der Waals surface area (Å²) in [6.07, 6.45) is 1.15. The predicted molar refractivity (Wildman–Crippen MR) is 99.4 cm³/mol. The topological polar surface area (TPSA) is 82.5 Å². The number of benzene rings is 1. The van der Waals surface area contributed by atoms with E-state index in [1.54, 1.807) is 4.90 Å². The number of likely N-dealkylation sites (tertiary alicyclic amines) is 1. The molecule has 2 aromatic rings. The zero-order valence-electron chi connectivity index (χ0n) is 14.2. The number of hydrogen-bond donors (Lipinski definition) is 2. The van der Waals surface area contributed by atoms with E-state index in [1.165, 1.54) is 34.5 Å². The Hall–Kier alpha value is -2.20. The number of thiazole rings is 1. The van der Waals surface area contributed by atoms with Crippen molar-refractivity contribution in [3.8, 4) is 0 Å². The second kappa shape index (κ2) is 8.66. The second-order valence-corrected chi connectivity index (χ2v) is 8.14. The average molecular weight is 413 g/mol. The van der Waals surface area contributed by atoms with E-state index < -0.39 is 17.6 Å². The Balaban J connectivity index is 1.51. The normalized spacial score (nSPS) is 16.7. The third-order valence-corrected chi connectivity index (χ3v) is 6.18. The van der Waals surface area contributed by atoms with Gasteiger partial charge in [-0.05, 0) is 24.6 Å². The molecule has 0 saturated carbocycles. The fourth-order valence-corrected chi connectivity index (χ4v) is 4.62. The zero-order chi connectivity index (χ0) is 19.4. The first-order valence-corrected chi connectivity index (χ1v) is 10.1. The molecule has 1 atom stereocenters. The summed E-state index contributed by atoms with van der Waals surface area (Å²) in [4.78, 5) is 28.7. The number of aromatic nitrogens is 1. The molecule has 0 aliphatic carbocycles. The van der Waals surface area contributed by atoms with Crippen LogP contribution in [0, 0.1) is 11.6 Å². The van der Waals surface area contributed by atoms with Crippen LogP contribution in [-0.4, -0.2) is 51.8 Å². The first kappa shape index (κ1) is 19.6. The highest BCUT2D eigenvalue weighted by molar-refractivity contribution is 8.01. The summed E-state index contributed by atoms with van der Waals surface area (Å²) in [5.41, 5.74) is 0.486. The van der Waals surface area contributed by atoms with Gasteiger partial charge in [-0.2, -0.15) is 0 Å². The molecule has 0 bridgehead atoms. The third-order valence-electron chi connectivity index (χ3n) is 4.17. The SMILES string of the molecule is O=C(O)c1csc(SCCN2C(=O)CCC2CNc2ccc(F)c(F)c2)n1. The van der Waals surface area contributed by atoms with Crippen LogP contribution >= 0.6 is 23.1 Å². The van der Waals surface area contributed by atoms with Gasteiger partial charge in [0.25, 0.3) is 0 Å². The van der Waals surface area contributed by atoms with Gasteiger partial charge < -0.3 is 15.3 Å². The van der Waals surface area contributed by atoms with Crippen molar-refractivity contribution < 1.29 is 23.5 Å². The summed E-state index contributed by atoms with van der Waals surface area (Å²) in [5.74, 6) is -2.22. The van der Waals surface area contributed by atoms with Crippen LogP contribution in [0.15, 0.2) is 27.9 Å². The van der Waals surface area contributed by atoms with Crippen molar-refractivity contribution in [1.29, 1.82) is 0 Å². The van der Waals surface area contributed by atoms with E-state index in [0.717, 1.165) is 12.1 Å². The highest BCUT2D eigenvalue weighted by Gasteiger charge is 2.30. The first-order chi connectivity index (χ1) is 12.9. The van der Waals surface area contributed by atoms with Gasteiger partial charge in [-0.25, -0.2) is 18.6 Å². The number of anilines is 1. The molecule has 2 N–H and O–H groups in total. The summed E-state index contributed by atoms with van der Waals surface area (Å²) < 4.78 is 26.9. The van der Waals surface area contributed by atoms with Gasteiger partial charge >= 0.3 is 5.97 Å². The maximum absolute atomic E-state index is 13.3. The molecule has 6 nitrogen and oxygen atoms in total. The van der Waals surface area contributed by atoms with Crippen molar-refractivity contribution >= 4 is 40.7 Å². The van der Waals surface area contributed by atoms with Crippen LogP contribution in [0.2, 0.25) is 0 Å². The van der Waals surface area contributed by atoms with Gasteiger partial charge in [0.2, 0.25) is 5.91 Å². The molecule has 10 heteroatoms. The van der Waals surface area contributed by atoms with Crippen molar-refractivity contribution in [3.63, 3.8) is 0 Å². The monoisotopic (exact) mass is 413 g/mol. The Labute approximate surface area is 162 Å². The van der Waals surface area contributed by atoms with Gasteiger partial charge in [0.05, 0.1) is 0 Å². The zero-order valence-corrected chi connectivity index (χ0v) is 15.8. The first-order valence-electron chi connectivity index (χ1n) is 8.24. The van der Waals surface area contributed by atoms with E-state index >= 15 is 0 Å². The molecule has 27 heavy (non-hydrogen) atoms. The lowest BCUT2D eigenvalue weighted by molar-refractivity contribution is -0.128. The number of hydrogen-bond acceptors (Lipinski definition) is 6. The highest BCUT2D eigenvalue weighted by atomic mass is 32.2. The van der Waals surface area contributed by atoms with E-state index in [2.05, 4.69) is 10.3 Å². The van der Waals surface area contributed by atoms with E-state index in [4.69, 9.17) is 5.11 Å². The molecule has 2 heterocycles. The summed E-state index contributed by atoms with van der Waals surface area (Å²) in [6.45, 7) is 0.956. The number of nitrogens with zero attached hydrogens (tertiary/aromatic N) is 2. The lowest BCUT2D eigenvalue weighted by atomic mass is 10.2. The molecule has 144 valence electrons. The van der Waals surface area contributed by atoms with Crippen molar-refractivity contribution in [1.82, 2.24) is 9.88 Å². The van der Waals surface area contributed by atoms with Crippen molar-refractivity contribution in [2.75, 3.05) is 24.2 Å². The van der Waals surface area contributed by atoms with Crippen LogP contribution < -0.4 is 5.32 Å². The molecule has 3 rings (SSSR count). The molecular weight excluding hydrogens is 396 g/mol. The number of aromatic carboxylic acids is 1. The number of carbonyl (C=O) groups is 2. The number of carbonyl (C=O) groups excluding carboxylic acids is 1. The number of rotatable bonds is 8. The largest absolute Gasteiger partial charge is 0.476 e. The average Bonchev–Trinajstić information content (AvgIpc) is 3.24. The van der Waals surface area contributed by atoms with E-state index in [0.29, 0.717) is 41.7 Å². The predicted octanol–water partition coefficient (Wildman–Crippen LogP) is 3.31. The summed E-state index contributed by atoms with van der Waals surface area (Å²) in [6, 6.07) is 3.58. The van der Waals surface area contributed by atoms with Crippen molar-refractivity contribution in [2.24, 2.45) is 0 Å². The van der Waals surface area contributed by atoms with Gasteiger partial charge in [0, 0.05) is 42.4 Å². The fraction of sp³-hybridized carbons (Fsp3) is 0.353. The molecule has 1 amide bonds. The van der Waals surface area contributed by atoms with E-state index in [-0.39, 0.29) is 17.6 Å². The summed E-state index contributed by atoms with van der Waals surface area (Å²) in [7, 11) is 0. The van der Waals surface area contributed by atoms with Crippen LogP contribution in [0.1, 0.15) is 23.3 Å². The lowest BCUT2D eigenvalue weighted by Gasteiger charge is -2.25. The number of halogens is 2. The van der Waals surface area contributed by atoms with Gasteiger partial charge in [-0.15, -0.1) is 11.3 Å². The van der Waals surface area contributed by atoms with Crippen LogP contribution in [0.4, 0.5) is 14.5 Å². The fourth-order valence-electron chi connectivity index (χ4n) is 2.81. The number of carboxylic acid groups (broad SMARTS) is 1. The maximum Gasteiger partial charge on any atom is 0.355 e. The number of carboxylic acids is 1. The molecule has 1 aliphatic heterocycles. The van der Waals surface area contributed by atoms with Gasteiger partial charge in [0.1, 0.15) is 0 Å². The quantitative estimate of drug-likeness (QED) is 0.646. The number of thioether (sulfide) groups is 1. The lowest BCUT2D eigenvalue weighted by Crippen LogP contribution is -2.39. The molecule has 1 fully saturated rings. The Morgan fingerprint density at radius 2 is 2.22 bits per heavy atom. The Morgan fingerprint density at radius 3 is 2.93 bits per heavy atom. The van der Waals surface area contributed by atoms with Crippen molar-refractivity contribution in [3.05, 3.63) is 40.9 Å². The number of nitrogens with one attached hydrogen (secondary N) is 1. The van der Waals surface area contributed by atoms with Gasteiger partial charge in [0.15, 0.2) is 21.7 Å². The molecule has 1 aromatic carbocycles. The van der Waals surface area contributed by atoms with Crippen LogP contribution in [0.3, 0.4) is 0 Å². The standard InChI is InChI=1S/C17H17F2N3O3S2/c18-12-3-1-10(7-13(12)19)20-8-11-2-4-15(23)22(11)5-6-26-17-21-14(9-27-17)16(24)25/h1,3,7,9,11,20H,2,4-6,8H2,(H,24,25). The van der Waals surface area contributed by atoms with Gasteiger partial charge in [-0.3, -0.25) is 4.79 Å². The summed E-state index contributed by atoms with van der Waals surface area (Å²) >= 11 is 2.67. The van der Waals surface area contributed by atoms with E-state index in [9.17, 15) is 18.4 Å². The van der Waals surface area contributed by atoms with Crippen LogP contribution in [0.25, 0.3) is 0 Å². The molecule has 1 aromatic heterocycles. The van der Waals surface area contributed by atoms with Crippen LogP contribution in [-0.2, 0) is 4.79 Å². The summed E-state index contributed by atoms with van der Waals surface area (Å²) in [5, 5.41) is 13.4. The Morgan fingerprint density at radius 1 is 1.41 bits per heavy atom. The highest BCUT2D eigenvalue weighted by Crippen LogP contribution is 2.25. The molecule has 1 aliphatic rings. The van der Waals surface area contributed by atoms with Crippen molar-refractivity contribution in [2.45, 2.75) is 23.2 Å². The Bertz CT molecular complexity index is 847. The minimum atomic E-state index is -1.06. The minimum Gasteiger partial charge on any atom is -0.476 e. The van der Waals surface area contributed by atoms with Gasteiger partial charge in [-0.1, -0.05) is 11.8 Å². The minimum absolute atomic E-state index is 0.0216. The molecule has 0 radical (unpaired) electrons. The molecule has 1 unspecified atom stereocenters. The smallest absolute Gasteiger partial charge is 0.355 e. The van der Waals surface area contributed by atoms with Crippen LogP contribution in [0.5, 0.6) is 0 Å². The molecule has 1 saturated heterocycles. The maximum atomic E-state index is 13.3. The van der Waals surface area contributed by atoms with E-state index in [1.807, 2.05) is 0 Å².